The molecule has 18 heavy (non-hydrogen) atoms. The van der Waals surface area contributed by atoms with Crippen LogP contribution in [0.3, 0.4) is 0 Å². The average molecular weight is 260 g/mol. The molecule has 1 atom stereocenters. The molecule has 0 aliphatic rings. The van der Waals surface area contributed by atoms with Crippen molar-refractivity contribution in [2.75, 3.05) is 11.1 Å². The van der Waals surface area contributed by atoms with Crippen molar-refractivity contribution in [2.24, 2.45) is 0 Å². The van der Waals surface area contributed by atoms with Gasteiger partial charge in [0.25, 0.3) is 0 Å². The number of hydrogen-bond acceptors (Lipinski definition) is 6. The zero-order valence-electron chi connectivity index (χ0n) is 9.71. The lowest BCUT2D eigenvalue weighted by atomic mass is 10.3. The lowest BCUT2D eigenvalue weighted by molar-refractivity contribution is 0.898. The molecule has 0 radical (unpaired) electrons. The van der Waals surface area contributed by atoms with Crippen molar-refractivity contribution in [2.45, 2.75) is 13.0 Å². The van der Waals surface area contributed by atoms with Crippen LogP contribution in [0.1, 0.15) is 17.8 Å². The van der Waals surface area contributed by atoms with E-state index in [0.29, 0.717) is 11.5 Å². The molecule has 4 N–H and O–H groups in total. The van der Waals surface area contributed by atoms with E-state index in [4.69, 9.17) is 5.73 Å². The van der Waals surface area contributed by atoms with Crippen molar-refractivity contribution in [3.63, 3.8) is 0 Å². The third-order valence-electron chi connectivity index (χ3n) is 2.63. The molecular formula is C11H12N6S. The molecule has 0 amide bonds. The van der Waals surface area contributed by atoms with E-state index >= 15 is 0 Å². The summed E-state index contributed by atoms with van der Waals surface area (Å²) in [6.07, 6.45) is 1.58. The summed E-state index contributed by atoms with van der Waals surface area (Å²) in [5, 5.41) is 5.37. The Morgan fingerprint density at radius 3 is 3.11 bits per heavy atom. The largest absolute Gasteiger partial charge is 0.368 e. The molecule has 0 spiro atoms. The first kappa shape index (κ1) is 11.0. The van der Waals surface area contributed by atoms with Crippen molar-refractivity contribution in [3.8, 4) is 0 Å². The molecule has 1 unspecified atom stereocenters. The monoisotopic (exact) mass is 260 g/mol. The molecule has 3 rings (SSSR count). The summed E-state index contributed by atoms with van der Waals surface area (Å²) < 4.78 is 0. The molecule has 92 valence electrons. The van der Waals surface area contributed by atoms with Gasteiger partial charge in [0.2, 0.25) is 5.95 Å². The van der Waals surface area contributed by atoms with Gasteiger partial charge in [-0.1, -0.05) is 6.07 Å². The molecule has 0 aromatic carbocycles. The highest BCUT2D eigenvalue weighted by Crippen LogP contribution is 2.25. The van der Waals surface area contributed by atoms with Crippen LogP contribution in [0.5, 0.6) is 0 Å². The summed E-state index contributed by atoms with van der Waals surface area (Å²) >= 11 is 1.70. The van der Waals surface area contributed by atoms with Crippen LogP contribution < -0.4 is 11.1 Å². The van der Waals surface area contributed by atoms with Crippen molar-refractivity contribution < 1.29 is 0 Å². The number of nitrogens with zero attached hydrogens (tertiary/aromatic N) is 3. The molecule has 3 aromatic rings. The van der Waals surface area contributed by atoms with Crippen LogP contribution in [0.2, 0.25) is 0 Å². The number of aromatic nitrogens is 4. The Hall–Kier alpha value is -2.15. The van der Waals surface area contributed by atoms with Gasteiger partial charge in [0.1, 0.15) is 5.52 Å². The zero-order chi connectivity index (χ0) is 12.5. The molecule has 7 heteroatoms. The Morgan fingerprint density at radius 1 is 1.44 bits per heavy atom. The van der Waals surface area contributed by atoms with Crippen LogP contribution in [-0.2, 0) is 0 Å². The molecule has 3 aromatic heterocycles. The molecule has 6 nitrogen and oxygen atoms in total. The van der Waals surface area contributed by atoms with Crippen molar-refractivity contribution in [1.29, 1.82) is 0 Å². The summed E-state index contributed by atoms with van der Waals surface area (Å²) in [5.74, 6) is 0.895. The molecule has 0 saturated heterocycles. The lowest BCUT2D eigenvalue weighted by Gasteiger charge is -2.13. The van der Waals surface area contributed by atoms with Gasteiger partial charge in [-0.3, -0.25) is 0 Å². The second kappa shape index (κ2) is 4.26. The predicted octanol–water partition coefficient (Wildman–Crippen LogP) is 2.17. The quantitative estimate of drug-likeness (QED) is 0.671. The summed E-state index contributed by atoms with van der Waals surface area (Å²) in [7, 11) is 0. The number of fused-ring (bicyclic) bond motifs is 1. The number of imidazole rings is 1. The summed E-state index contributed by atoms with van der Waals surface area (Å²) in [5.41, 5.74) is 7.01. The third-order valence-corrected chi connectivity index (χ3v) is 3.68. The van der Waals surface area contributed by atoms with Crippen molar-refractivity contribution >= 4 is 34.3 Å². The van der Waals surface area contributed by atoms with Crippen molar-refractivity contribution in [1.82, 2.24) is 19.9 Å². The number of nitrogens with two attached hydrogens (primary N) is 1. The maximum absolute atomic E-state index is 5.66. The van der Waals surface area contributed by atoms with E-state index in [1.807, 2.05) is 11.4 Å². The van der Waals surface area contributed by atoms with Gasteiger partial charge in [-0.25, -0.2) is 4.98 Å². The second-order valence-corrected chi connectivity index (χ2v) is 4.89. The van der Waals surface area contributed by atoms with Gasteiger partial charge >= 0.3 is 0 Å². The Morgan fingerprint density at radius 2 is 2.33 bits per heavy atom. The number of thiophene rings is 1. The van der Waals surface area contributed by atoms with E-state index in [9.17, 15) is 0 Å². The Bertz CT molecular complexity index is 659. The molecule has 0 bridgehead atoms. The minimum Gasteiger partial charge on any atom is -0.368 e. The minimum absolute atomic E-state index is 0.158. The standard InChI is InChI=1S/C11H12N6S/c1-6(7-3-2-4-18-7)15-10-8-9(14-5-13-8)16-11(12)17-10/h2-6H,1H3,(H4,12,13,14,15,16,17). The van der Waals surface area contributed by atoms with E-state index in [1.165, 1.54) is 4.88 Å². The summed E-state index contributed by atoms with van der Waals surface area (Å²) in [6.45, 7) is 2.08. The molecule has 0 saturated carbocycles. The normalized spacial score (nSPS) is 12.7. The number of H-pyrrole nitrogens is 1. The van der Waals surface area contributed by atoms with Gasteiger partial charge in [-0.2, -0.15) is 9.97 Å². The van der Waals surface area contributed by atoms with Crippen LogP contribution in [0, 0.1) is 0 Å². The fourth-order valence-corrected chi connectivity index (χ4v) is 2.50. The Kier molecular flexibility index (Phi) is 2.60. The number of aromatic amines is 1. The summed E-state index contributed by atoms with van der Waals surface area (Å²) in [4.78, 5) is 16.6. The van der Waals surface area contributed by atoms with E-state index < -0.39 is 0 Å². The smallest absolute Gasteiger partial charge is 0.224 e. The molecule has 0 aliphatic carbocycles. The fourth-order valence-electron chi connectivity index (χ4n) is 1.77. The van der Waals surface area contributed by atoms with Crippen LogP contribution in [0.25, 0.3) is 11.2 Å². The second-order valence-electron chi connectivity index (χ2n) is 3.91. The molecular weight excluding hydrogens is 248 g/mol. The highest BCUT2D eigenvalue weighted by molar-refractivity contribution is 7.10. The number of hydrogen-bond donors (Lipinski definition) is 3. The van der Waals surface area contributed by atoms with Gasteiger partial charge in [0.05, 0.1) is 12.4 Å². The fraction of sp³-hybridized carbons (Fsp3) is 0.182. The topological polar surface area (TPSA) is 92.5 Å². The van der Waals surface area contributed by atoms with E-state index in [0.717, 1.165) is 5.52 Å². The third kappa shape index (κ3) is 1.88. The van der Waals surface area contributed by atoms with Crippen LogP contribution in [0.15, 0.2) is 23.8 Å². The molecule has 0 aliphatic heterocycles. The number of rotatable bonds is 3. The lowest BCUT2D eigenvalue weighted by Crippen LogP contribution is -2.09. The van der Waals surface area contributed by atoms with Gasteiger partial charge in [-0.05, 0) is 18.4 Å². The maximum atomic E-state index is 5.66. The average Bonchev–Trinajstić information content (AvgIpc) is 2.98. The SMILES string of the molecule is CC(Nc1nc(N)nc2nc[nH]c12)c1cccs1. The van der Waals surface area contributed by atoms with Crippen LogP contribution in [0.4, 0.5) is 11.8 Å². The highest BCUT2D eigenvalue weighted by Gasteiger charge is 2.12. The van der Waals surface area contributed by atoms with E-state index in [1.54, 1.807) is 17.7 Å². The van der Waals surface area contributed by atoms with E-state index in [2.05, 4.69) is 38.2 Å². The predicted molar refractivity (Wildman–Crippen MR) is 72.5 cm³/mol. The highest BCUT2D eigenvalue weighted by atomic mass is 32.1. The summed E-state index contributed by atoms with van der Waals surface area (Å²) in [6, 6.07) is 4.26. The van der Waals surface area contributed by atoms with Crippen LogP contribution >= 0.6 is 11.3 Å². The first-order chi connectivity index (χ1) is 8.74. The van der Waals surface area contributed by atoms with Gasteiger partial charge < -0.3 is 16.0 Å². The number of anilines is 2. The Balaban J connectivity index is 1.97. The number of nitrogen functional groups attached to an aromatic ring is 1. The Labute approximate surface area is 107 Å². The molecule has 0 fully saturated rings. The van der Waals surface area contributed by atoms with Gasteiger partial charge in [-0.15, -0.1) is 11.3 Å². The maximum Gasteiger partial charge on any atom is 0.224 e. The first-order valence-corrected chi connectivity index (χ1v) is 6.38. The van der Waals surface area contributed by atoms with E-state index in [-0.39, 0.29) is 12.0 Å². The van der Waals surface area contributed by atoms with Gasteiger partial charge in [0, 0.05) is 4.88 Å². The zero-order valence-corrected chi connectivity index (χ0v) is 10.5. The minimum atomic E-state index is 0.158. The first-order valence-electron chi connectivity index (χ1n) is 5.50. The molecule has 3 heterocycles. The van der Waals surface area contributed by atoms with Gasteiger partial charge in [0.15, 0.2) is 11.5 Å². The van der Waals surface area contributed by atoms with Crippen LogP contribution in [-0.4, -0.2) is 19.9 Å². The van der Waals surface area contributed by atoms with Crippen molar-refractivity contribution in [3.05, 3.63) is 28.7 Å². The number of nitrogens with one attached hydrogen (secondary N) is 2.